The summed E-state index contributed by atoms with van der Waals surface area (Å²) in [6.07, 6.45) is 0. The van der Waals surface area contributed by atoms with Crippen LogP contribution in [0, 0.1) is 6.92 Å². The number of hydrogen-bond acceptors (Lipinski definition) is 3. The Morgan fingerprint density at radius 3 is 2.43 bits per heavy atom. The van der Waals surface area contributed by atoms with E-state index in [9.17, 15) is 0 Å². The molecule has 0 bridgehead atoms. The van der Waals surface area contributed by atoms with Crippen LogP contribution in [0.3, 0.4) is 0 Å². The Kier molecular flexibility index (Phi) is 5.06. The van der Waals surface area contributed by atoms with E-state index in [1.165, 1.54) is 5.56 Å². The highest BCUT2D eigenvalue weighted by Crippen LogP contribution is 2.40. The van der Waals surface area contributed by atoms with Gasteiger partial charge < -0.3 is 9.05 Å². The molecule has 0 aliphatic rings. The average Bonchev–Trinajstić information content (AvgIpc) is 2.94. The van der Waals surface area contributed by atoms with E-state index < -0.39 is 8.38 Å². The first-order valence-corrected chi connectivity index (χ1v) is 9.03. The Labute approximate surface area is 138 Å². The quantitative estimate of drug-likeness (QED) is 0.631. The number of hydrogen-bond donors (Lipinski definition) is 0. The topological polar surface area (TPSA) is 36.3 Å². The molecule has 1 aromatic heterocycles. The number of nitrogens with zero attached hydrogens (tertiary/aromatic N) is 2. The van der Waals surface area contributed by atoms with Crippen molar-refractivity contribution in [2.45, 2.75) is 20.8 Å². The molecule has 3 aromatic rings. The molecule has 0 N–H and O–H groups in total. The summed E-state index contributed by atoms with van der Waals surface area (Å²) in [6.45, 7) is 7.28. The molecular formula is C18H21N2O2P. The minimum absolute atomic E-state index is 0.610. The third-order valence-electron chi connectivity index (χ3n) is 3.47. The summed E-state index contributed by atoms with van der Waals surface area (Å²) in [7, 11) is -1.17. The van der Waals surface area contributed by atoms with E-state index in [4.69, 9.17) is 14.1 Å². The highest BCUT2D eigenvalue weighted by atomic mass is 31.2. The second-order valence-corrected chi connectivity index (χ2v) is 6.64. The lowest BCUT2D eigenvalue weighted by molar-refractivity contribution is 0.276. The fraction of sp³-hybridized carbons (Fsp3) is 0.278. The summed E-state index contributed by atoms with van der Waals surface area (Å²) in [6, 6.07) is 16.5. The van der Waals surface area contributed by atoms with Crippen LogP contribution in [-0.2, 0) is 9.05 Å². The Morgan fingerprint density at radius 2 is 1.74 bits per heavy atom. The first-order chi connectivity index (χ1) is 11.2. The van der Waals surface area contributed by atoms with Gasteiger partial charge in [0.1, 0.15) is 5.44 Å². The summed E-state index contributed by atoms with van der Waals surface area (Å²) < 4.78 is 13.8. The molecule has 0 radical (unpaired) electrons. The van der Waals surface area contributed by atoms with Gasteiger partial charge in [0.2, 0.25) is 8.38 Å². The van der Waals surface area contributed by atoms with E-state index in [0.717, 1.165) is 22.0 Å². The molecule has 5 heteroatoms. The van der Waals surface area contributed by atoms with Gasteiger partial charge in [-0.25, -0.2) is 4.68 Å². The van der Waals surface area contributed by atoms with Crippen LogP contribution < -0.4 is 5.44 Å². The predicted molar refractivity (Wildman–Crippen MR) is 95.6 cm³/mol. The second kappa shape index (κ2) is 7.22. The molecule has 4 nitrogen and oxygen atoms in total. The summed E-state index contributed by atoms with van der Waals surface area (Å²) in [5.74, 6) is 0. The predicted octanol–water partition coefficient (Wildman–Crippen LogP) is 4.34. The lowest BCUT2D eigenvalue weighted by Crippen LogP contribution is -2.18. The third-order valence-corrected chi connectivity index (χ3v) is 5.23. The van der Waals surface area contributed by atoms with Gasteiger partial charge in [-0.15, -0.1) is 0 Å². The molecule has 0 aliphatic heterocycles. The molecule has 0 fully saturated rings. The van der Waals surface area contributed by atoms with Gasteiger partial charge in [-0.05, 0) is 44.5 Å². The molecule has 0 spiro atoms. The number of aryl methyl sites for hydroxylation is 1. The van der Waals surface area contributed by atoms with E-state index in [-0.39, 0.29) is 0 Å². The van der Waals surface area contributed by atoms with Gasteiger partial charge in [-0.1, -0.05) is 30.3 Å². The van der Waals surface area contributed by atoms with Crippen molar-refractivity contribution in [2.75, 3.05) is 13.2 Å². The third kappa shape index (κ3) is 3.30. The standard InChI is InChI=1S/C18H21N2O2P/c1-4-21-23(22-5-2)18-16-11-6-7-12-17(16)19-20(18)15-10-8-9-14(3)13-15/h6-13H,4-5H2,1-3H3. The van der Waals surface area contributed by atoms with Crippen molar-refractivity contribution in [2.24, 2.45) is 0 Å². The zero-order valence-corrected chi connectivity index (χ0v) is 14.6. The van der Waals surface area contributed by atoms with E-state index >= 15 is 0 Å². The Balaban J connectivity index is 2.22. The zero-order chi connectivity index (χ0) is 16.2. The molecule has 0 saturated carbocycles. The van der Waals surface area contributed by atoms with Gasteiger partial charge in [-0.2, -0.15) is 5.10 Å². The SMILES string of the molecule is CCOP(OCC)c1c2ccccc2nn1-c1cccc(C)c1. The van der Waals surface area contributed by atoms with Crippen molar-refractivity contribution >= 4 is 24.7 Å². The van der Waals surface area contributed by atoms with Gasteiger partial charge in [0, 0.05) is 5.39 Å². The first kappa shape index (κ1) is 16.1. The second-order valence-electron chi connectivity index (χ2n) is 5.18. The number of benzene rings is 2. The monoisotopic (exact) mass is 328 g/mol. The number of fused-ring (bicyclic) bond motifs is 1. The van der Waals surface area contributed by atoms with E-state index in [2.05, 4.69) is 31.2 Å². The molecule has 3 rings (SSSR count). The maximum atomic E-state index is 5.91. The summed E-state index contributed by atoms with van der Waals surface area (Å²) in [5.41, 5.74) is 4.19. The Hall–Kier alpha value is -1.74. The number of rotatable bonds is 6. The number of aromatic nitrogens is 2. The van der Waals surface area contributed by atoms with E-state index in [0.29, 0.717) is 13.2 Å². The van der Waals surface area contributed by atoms with Crippen LogP contribution in [0.25, 0.3) is 16.6 Å². The van der Waals surface area contributed by atoms with Crippen LogP contribution in [0.15, 0.2) is 48.5 Å². The molecule has 1 heterocycles. The minimum Gasteiger partial charge on any atom is -0.330 e. The summed E-state index contributed by atoms with van der Waals surface area (Å²) >= 11 is 0. The zero-order valence-electron chi connectivity index (χ0n) is 13.7. The van der Waals surface area contributed by atoms with Crippen molar-refractivity contribution in [3.8, 4) is 5.69 Å². The smallest absolute Gasteiger partial charge is 0.225 e. The maximum absolute atomic E-state index is 5.91. The van der Waals surface area contributed by atoms with Crippen LogP contribution in [0.5, 0.6) is 0 Å². The molecule has 0 aliphatic carbocycles. The van der Waals surface area contributed by atoms with Gasteiger partial charge >= 0.3 is 0 Å². The molecule has 0 amide bonds. The molecular weight excluding hydrogens is 307 g/mol. The molecule has 0 saturated heterocycles. The van der Waals surface area contributed by atoms with Crippen LogP contribution in [-0.4, -0.2) is 23.0 Å². The van der Waals surface area contributed by atoms with Crippen molar-refractivity contribution in [3.05, 3.63) is 54.1 Å². The lowest BCUT2D eigenvalue weighted by atomic mass is 10.2. The van der Waals surface area contributed by atoms with Crippen molar-refractivity contribution in [1.82, 2.24) is 9.78 Å². The van der Waals surface area contributed by atoms with Crippen LogP contribution in [0.1, 0.15) is 19.4 Å². The lowest BCUT2D eigenvalue weighted by Gasteiger charge is -2.17. The molecule has 0 atom stereocenters. The molecule has 120 valence electrons. The van der Waals surface area contributed by atoms with Crippen LogP contribution >= 0.6 is 8.38 Å². The van der Waals surface area contributed by atoms with E-state index in [1.807, 2.05) is 42.8 Å². The normalized spacial score (nSPS) is 11.5. The highest BCUT2D eigenvalue weighted by molar-refractivity contribution is 7.56. The Bertz CT molecular complexity index is 795. The van der Waals surface area contributed by atoms with Crippen molar-refractivity contribution < 1.29 is 9.05 Å². The van der Waals surface area contributed by atoms with Crippen LogP contribution in [0.2, 0.25) is 0 Å². The van der Waals surface area contributed by atoms with Gasteiger partial charge in [0.25, 0.3) is 0 Å². The first-order valence-electron chi connectivity index (χ1n) is 7.85. The fourth-order valence-corrected chi connectivity index (χ4v) is 4.02. The van der Waals surface area contributed by atoms with E-state index in [1.54, 1.807) is 0 Å². The van der Waals surface area contributed by atoms with Gasteiger partial charge in [0.05, 0.1) is 24.4 Å². The minimum atomic E-state index is -1.17. The maximum Gasteiger partial charge on any atom is 0.225 e. The Morgan fingerprint density at radius 1 is 1.00 bits per heavy atom. The molecule has 0 unspecified atom stereocenters. The molecule has 2 aromatic carbocycles. The highest BCUT2D eigenvalue weighted by Gasteiger charge is 2.23. The van der Waals surface area contributed by atoms with Crippen molar-refractivity contribution in [1.29, 1.82) is 0 Å². The van der Waals surface area contributed by atoms with Gasteiger partial charge in [0.15, 0.2) is 0 Å². The average molecular weight is 328 g/mol. The summed E-state index contributed by atoms with van der Waals surface area (Å²) in [5, 5.41) is 5.87. The fourth-order valence-electron chi connectivity index (χ4n) is 2.53. The van der Waals surface area contributed by atoms with Crippen LogP contribution in [0.4, 0.5) is 0 Å². The largest absolute Gasteiger partial charge is 0.330 e. The van der Waals surface area contributed by atoms with Gasteiger partial charge in [-0.3, -0.25) is 0 Å². The van der Waals surface area contributed by atoms with Crippen molar-refractivity contribution in [3.63, 3.8) is 0 Å². The molecule has 23 heavy (non-hydrogen) atoms. The summed E-state index contributed by atoms with van der Waals surface area (Å²) in [4.78, 5) is 0.